The fourth-order valence-electron chi connectivity index (χ4n) is 5.16. The molecular weight excluding hydrogens is 723 g/mol. The zero-order chi connectivity index (χ0) is 36.5. The minimum Gasteiger partial charge on any atom is -0.496 e. The Morgan fingerprint density at radius 1 is 0.633 bits per heavy atom. The zero-order valence-corrected chi connectivity index (χ0v) is 32.7. The summed E-state index contributed by atoms with van der Waals surface area (Å²) in [6.45, 7) is 8.39. The van der Waals surface area contributed by atoms with Gasteiger partial charge in [0.2, 0.25) is 0 Å². The third-order valence-electron chi connectivity index (χ3n) is 9.15. The lowest BCUT2D eigenvalue weighted by Crippen LogP contribution is -2.50. The second-order valence-electron chi connectivity index (χ2n) is 13.1. The predicted octanol–water partition coefficient (Wildman–Crippen LogP) is 9.07. The summed E-state index contributed by atoms with van der Waals surface area (Å²) in [5.41, 5.74) is 2.28. The van der Waals surface area contributed by atoms with Crippen molar-refractivity contribution in [2.75, 3.05) is 35.3 Å². The Kier molecular flexibility index (Phi) is 14.3. The van der Waals surface area contributed by atoms with Gasteiger partial charge >= 0.3 is 0 Å². The molecule has 2 unspecified atom stereocenters. The molecule has 0 bridgehead atoms. The van der Waals surface area contributed by atoms with E-state index in [2.05, 4.69) is 64.1 Å². The van der Waals surface area contributed by atoms with E-state index in [-0.39, 0.29) is 35.0 Å². The number of hydrogen-bond acceptors (Lipinski definition) is 5. The van der Waals surface area contributed by atoms with Crippen LogP contribution in [-0.4, -0.2) is 68.0 Å². The monoisotopic (exact) mass is 768 g/mol. The molecule has 2 atom stereocenters. The van der Waals surface area contributed by atoms with Crippen molar-refractivity contribution >= 4 is 50.9 Å². The normalized spacial score (nSPS) is 12.9. The quantitative estimate of drug-likeness (QED) is 0.159. The molecule has 7 nitrogen and oxygen atoms in total. The number of halogens is 3. The van der Waals surface area contributed by atoms with Crippen LogP contribution < -0.4 is 15.4 Å². The second-order valence-corrected chi connectivity index (χ2v) is 14.8. The highest BCUT2D eigenvalue weighted by Crippen LogP contribution is 2.33. The lowest BCUT2D eigenvalue weighted by molar-refractivity contribution is 0.0832. The van der Waals surface area contributed by atoms with Crippen LogP contribution in [-0.2, 0) is 0 Å². The minimum absolute atomic E-state index is 0.190. The van der Waals surface area contributed by atoms with Gasteiger partial charge in [0.05, 0.1) is 40.4 Å². The molecular formula is C39H47BrCl2N4O3. The van der Waals surface area contributed by atoms with E-state index in [1.807, 2.05) is 101 Å². The number of methoxy groups -OCH3 is 1. The standard InChI is InChI=1S/C20H25ClN2O2.C19H22BrClN2O/c1-20(2,23(3)4)18(14-10-7-6-8-11-14)22-19(24)17-15(21)12-9-13-16(17)25-5;1-19(2,23(3)4)17(13-9-6-5-7-10-13)22-18(24)16-14(20)11-8-12-15(16)21/h6-13,18H,1-5H3,(H,22,24);5-12,17H,1-4H3,(H,22,24). The van der Waals surface area contributed by atoms with E-state index in [1.165, 1.54) is 7.11 Å². The second kappa shape index (κ2) is 17.5. The van der Waals surface area contributed by atoms with Crippen molar-refractivity contribution in [2.24, 2.45) is 0 Å². The van der Waals surface area contributed by atoms with Gasteiger partial charge in [-0.25, -0.2) is 0 Å². The van der Waals surface area contributed by atoms with Crippen LogP contribution in [0.2, 0.25) is 10.0 Å². The van der Waals surface area contributed by atoms with E-state index >= 15 is 0 Å². The van der Waals surface area contributed by atoms with Crippen LogP contribution in [0.3, 0.4) is 0 Å². The molecule has 0 aliphatic carbocycles. The first-order valence-corrected chi connectivity index (χ1v) is 17.4. The number of ether oxygens (including phenoxy) is 1. The zero-order valence-electron chi connectivity index (χ0n) is 29.6. The van der Waals surface area contributed by atoms with Crippen LogP contribution in [0.15, 0.2) is 102 Å². The van der Waals surface area contributed by atoms with E-state index in [0.29, 0.717) is 31.4 Å². The van der Waals surface area contributed by atoms with E-state index in [9.17, 15) is 9.59 Å². The van der Waals surface area contributed by atoms with E-state index in [4.69, 9.17) is 27.9 Å². The molecule has 2 N–H and O–H groups in total. The Morgan fingerprint density at radius 2 is 1.02 bits per heavy atom. The first kappa shape index (κ1) is 40.0. The molecule has 0 aliphatic heterocycles. The number of hydrogen-bond donors (Lipinski definition) is 2. The van der Waals surface area contributed by atoms with Gasteiger partial charge in [0.25, 0.3) is 11.8 Å². The Morgan fingerprint density at radius 3 is 1.41 bits per heavy atom. The van der Waals surface area contributed by atoms with Gasteiger partial charge in [-0.15, -0.1) is 0 Å². The molecule has 2 amide bonds. The highest BCUT2D eigenvalue weighted by Gasteiger charge is 2.36. The van der Waals surface area contributed by atoms with Crippen molar-refractivity contribution in [1.29, 1.82) is 0 Å². The van der Waals surface area contributed by atoms with Crippen molar-refractivity contribution in [2.45, 2.75) is 50.9 Å². The van der Waals surface area contributed by atoms with Gasteiger partial charge in [-0.3, -0.25) is 9.59 Å². The molecule has 0 aliphatic rings. The maximum absolute atomic E-state index is 13.0. The third-order valence-corrected chi connectivity index (χ3v) is 10.4. The molecule has 0 saturated heterocycles. The maximum Gasteiger partial charge on any atom is 0.257 e. The fourth-order valence-corrected chi connectivity index (χ4v) is 6.33. The van der Waals surface area contributed by atoms with Crippen LogP contribution in [0, 0.1) is 0 Å². The predicted molar refractivity (Wildman–Crippen MR) is 206 cm³/mol. The molecule has 262 valence electrons. The highest BCUT2D eigenvalue weighted by molar-refractivity contribution is 9.10. The van der Waals surface area contributed by atoms with Gasteiger partial charge in [0, 0.05) is 15.6 Å². The summed E-state index contributed by atoms with van der Waals surface area (Å²) in [5, 5.41) is 7.09. The van der Waals surface area contributed by atoms with Crippen molar-refractivity contribution in [3.05, 3.63) is 134 Å². The first-order valence-electron chi connectivity index (χ1n) is 15.9. The average molecular weight is 771 g/mol. The Bertz CT molecular complexity index is 1680. The van der Waals surface area contributed by atoms with Crippen LogP contribution in [0.5, 0.6) is 5.75 Å². The number of likely N-dealkylation sites (N-methyl/N-ethyl adjacent to an activating group) is 2. The summed E-state index contributed by atoms with van der Waals surface area (Å²) in [4.78, 5) is 30.1. The molecule has 0 heterocycles. The molecule has 10 heteroatoms. The molecule has 4 aromatic rings. The molecule has 4 aromatic carbocycles. The number of carbonyl (C=O) groups is 2. The Labute approximate surface area is 310 Å². The van der Waals surface area contributed by atoms with Gasteiger partial charge in [0.15, 0.2) is 0 Å². The molecule has 0 fully saturated rings. The van der Waals surface area contributed by atoms with Gasteiger partial charge in [-0.05, 0) is 107 Å². The minimum atomic E-state index is -0.314. The summed E-state index contributed by atoms with van der Waals surface area (Å²) in [5.74, 6) is 0.00181. The molecule has 0 radical (unpaired) electrons. The number of amides is 2. The van der Waals surface area contributed by atoms with Gasteiger partial charge in [-0.2, -0.15) is 0 Å². The number of benzene rings is 4. The van der Waals surface area contributed by atoms with Crippen LogP contribution >= 0.6 is 39.1 Å². The van der Waals surface area contributed by atoms with Gasteiger partial charge < -0.3 is 25.2 Å². The van der Waals surface area contributed by atoms with E-state index < -0.39 is 0 Å². The Hall–Kier alpha value is -3.40. The maximum atomic E-state index is 13.0. The lowest BCUT2D eigenvalue weighted by atomic mass is 9.87. The third kappa shape index (κ3) is 9.86. The van der Waals surface area contributed by atoms with Crippen molar-refractivity contribution in [1.82, 2.24) is 20.4 Å². The SMILES string of the molecule is CN(C)C(C)(C)C(NC(=O)c1c(Cl)cccc1Br)c1ccccc1.COc1cccc(Cl)c1C(=O)NC(c1ccccc1)C(C)(C)N(C)C. The van der Waals surface area contributed by atoms with E-state index in [0.717, 1.165) is 11.1 Å². The van der Waals surface area contributed by atoms with Crippen molar-refractivity contribution in [3.8, 4) is 5.75 Å². The van der Waals surface area contributed by atoms with Crippen molar-refractivity contribution < 1.29 is 14.3 Å². The average Bonchev–Trinajstić information content (AvgIpc) is 3.06. The van der Waals surface area contributed by atoms with Gasteiger partial charge in [0.1, 0.15) is 5.75 Å². The largest absolute Gasteiger partial charge is 0.496 e. The summed E-state index contributed by atoms with van der Waals surface area (Å²) >= 11 is 15.9. The summed E-state index contributed by atoms with van der Waals surface area (Å²) in [6, 6.07) is 30.0. The fraction of sp³-hybridized carbons (Fsp3) is 0.333. The molecule has 0 spiro atoms. The van der Waals surface area contributed by atoms with Crippen LogP contribution in [0.1, 0.15) is 71.6 Å². The molecule has 4 rings (SSSR count). The number of rotatable bonds is 11. The topological polar surface area (TPSA) is 73.9 Å². The van der Waals surface area contributed by atoms with E-state index in [1.54, 1.807) is 24.3 Å². The first-order chi connectivity index (χ1) is 23.0. The summed E-state index contributed by atoms with van der Waals surface area (Å²) in [6.07, 6.45) is 0. The molecule has 0 saturated carbocycles. The molecule has 0 aromatic heterocycles. The molecule has 49 heavy (non-hydrogen) atoms. The summed E-state index contributed by atoms with van der Waals surface area (Å²) in [7, 11) is 9.54. The van der Waals surface area contributed by atoms with Crippen molar-refractivity contribution in [3.63, 3.8) is 0 Å². The number of carbonyl (C=O) groups excluding carboxylic acids is 2. The van der Waals surface area contributed by atoms with Crippen LogP contribution in [0.25, 0.3) is 0 Å². The summed E-state index contributed by atoms with van der Waals surface area (Å²) < 4.78 is 5.99. The number of nitrogens with zero attached hydrogens (tertiary/aromatic N) is 2. The number of nitrogens with one attached hydrogen (secondary N) is 2. The lowest BCUT2D eigenvalue weighted by Gasteiger charge is -2.41. The smallest absolute Gasteiger partial charge is 0.257 e. The van der Waals surface area contributed by atoms with Gasteiger partial charge in [-0.1, -0.05) is 96.0 Å². The van der Waals surface area contributed by atoms with Crippen LogP contribution in [0.4, 0.5) is 0 Å². The Balaban J connectivity index is 0.000000266. The highest BCUT2D eigenvalue weighted by atomic mass is 79.9.